The average Bonchev–Trinajstić information content (AvgIpc) is 4.38. The van der Waals surface area contributed by atoms with Crippen molar-refractivity contribution < 1.29 is 113 Å². The molecule has 4 unspecified atom stereocenters. The highest BCUT2D eigenvalue weighted by molar-refractivity contribution is 7.66. The third-order valence-corrected chi connectivity index (χ3v) is 17.3. The van der Waals surface area contributed by atoms with Crippen LogP contribution < -0.4 is 38.2 Å². The number of aliphatic hydroxyl groups excluding tert-OH is 3. The van der Waals surface area contributed by atoms with Crippen LogP contribution in [0.3, 0.4) is 0 Å². The predicted octanol–water partition coefficient (Wildman–Crippen LogP) is -3.48. The molecule has 14 N–H and O–H groups in total. The number of aliphatic hydroxyl groups is 3. The van der Waals surface area contributed by atoms with Gasteiger partial charge in [0.15, 0.2) is 30.2 Å². The fourth-order valence-corrected chi connectivity index (χ4v) is 13.1. The van der Waals surface area contributed by atoms with Crippen LogP contribution in [0, 0.1) is 5.92 Å². The number of aryl methyl sites for hydroxylation is 1. The van der Waals surface area contributed by atoms with E-state index in [0.717, 1.165) is 36.6 Å². The van der Waals surface area contributed by atoms with E-state index in [1.165, 1.54) is 27.1 Å². The maximum Gasteiger partial charge on any atom is 0.490 e. The van der Waals surface area contributed by atoms with E-state index in [4.69, 9.17) is 53.2 Å². The summed E-state index contributed by atoms with van der Waals surface area (Å²) in [6.45, 7) is -2.08. The molecule has 0 bridgehead atoms. The van der Waals surface area contributed by atoms with Crippen LogP contribution in [0.25, 0.3) is 22.3 Å². The summed E-state index contributed by atoms with van der Waals surface area (Å²) in [7, 11) is -21.1. The Morgan fingerprint density at radius 3 is 2.15 bits per heavy atom. The predicted molar refractivity (Wildman–Crippen MR) is 255 cm³/mol. The molecule has 0 aliphatic carbocycles. The number of nitrogen functional groups attached to an aromatic ring is 2. The first-order valence-electron chi connectivity index (χ1n) is 22.9. The topological polar surface area (TPSA) is 546 Å². The molecule has 0 saturated carbocycles. The molecule has 43 heteroatoms. The molecule has 0 spiro atoms. The Kier molecular flexibility index (Phi) is 17.9. The van der Waals surface area contributed by atoms with Crippen molar-refractivity contribution in [1.29, 1.82) is 0 Å². The maximum absolute atomic E-state index is 13.6. The summed E-state index contributed by atoms with van der Waals surface area (Å²) in [4.78, 5) is 112. The molecular weight excluding hydrogens is 1150 g/mol. The van der Waals surface area contributed by atoms with Crippen LogP contribution >= 0.6 is 31.3 Å². The SMILES string of the molecule is CCCOC(=O)NC[C@H]1[C@@H](O)[C@H]([n+]2cn(C)c3c(=O)[nH]c(N)nc32)O[C@@H]1COP(=O)(O)OP(=O)(O)OP(=O)(O)OC[C@H]1O[C@@H](n2cnc3c(N)ncnc32)[C@H](OC)[C@@H]1OP(=O)(O)OC[C@H]1O[C@@H](n2ccc(=O)[nH]c2=O)[C@H](O)[C@@H]1O. The number of aromatic amines is 2. The maximum atomic E-state index is 13.6. The Labute approximate surface area is 440 Å². The minimum absolute atomic E-state index is 0.00485. The van der Waals surface area contributed by atoms with Crippen molar-refractivity contribution in [2.24, 2.45) is 13.0 Å². The van der Waals surface area contributed by atoms with Gasteiger partial charge in [0.05, 0.1) is 45.9 Å². The van der Waals surface area contributed by atoms with Gasteiger partial charge in [-0.15, -0.1) is 0 Å². The third-order valence-electron chi connectivity index (χ3n) is 12.1. The van der Waals surface area contributed by atoms with E-state index in [0.29, 0.717) is 6.42 Å². The number of amides is 1. The Morgan fingerprint density at radius 1 is 0.823 bits per heavy atom. The summed E-state index contributed by atoms with van der Waals surface area (Å²) in [6, 6.07) is 0.920. The summed E-state index contributed by atoms with van der Waals surface area (Å²) in [5.74, 6) is -1.65. The number of H-pyrrole nitrogens is 2. The van der Waals surface area contributed by atoms with E-state index in [1.54, 1.807) is 6.92 Å². The lowest BCUT2D eigenvalue weighted by Gasteiger charge is -2.26. The largest absolute Gasteiger partial charge is 0.490 e. The van der Waals surface area contributed by atoms with Crippen LogP contribution in [0.4, 0.5) is 16.6 Å². The molecule has 79 heavy (non-hydrogen) atoms. The summed E-state index contributed by atoms with van der Waals surface area (Å²) in [5.41, 5.74) is 9.12. The number of aromatic nitrogens is 10. The molecule has 5 aromatic heterocycles. The first-order chi connectivity index (χ1) is 37.1. The van der Waals surface area contributed by atoms with Gasteiger partial charge in [-0.2, -0.15) is 8.62 Å². The molecule has 0 aromatic carbocycles. The number of phosphoric ester groups is 3. The van der Waals surface area contributed by atoms with Crippen LogP contribution in [-0.4, -0.2) is 174 Å². The average molecular weight is 1210 g/mol. The Balaban J connectivity index is 0.948. The number of phosphoric acid groups is 4. The van der Waals surface area contributed by atoms with Crippen LogP contribution in [0.1, 0.15) is 32.0 Å². The summed E-state index contributed by atoms with van der Waals surface area (Å²) < 4.78 is 115. The van der Waals surface area contributed by atoms with Gasteiger partial charge in [-0.05, 0) is 6.42 Å². The van der Waals surface area contributed by atoms with E-state index < -0.39 is 154 Å². The van der Waals surface area contributed by atoms with E-state index >= 15 is 0 Å². The second-order valence-electron chi connectivity index (χ2n) is 17.4. The number of alkyl carbamates (subject to hydrolysis) is 1. The number of hydrogen-bond acceptors (Lipinski definition) is 28. The lowest BCUT2D eigenvalue weighted by Crippen LogP contribution is -2.46. The highest BCUT2D eigenvalue weighted by Gasteiger charge is 2.54. The van der Waals surface area contributed by atoms with Crippen molar-refractivity contribution in [3.05, 3.63) is 62.4 Å². The quantitative estimate of drug-likeness (QED) is 0.0223. The lowest BCUT2D eigenvalue weighted by atomic mass is 9.98. The molecule has 3 aliphatic rings. The number of anilines is 2. The van der Waals surface area contributed by atoms with Gasteiger partial charge in [0, 0.05) is 31.8 Å². The van der Waals surface area contributed by atoms with Gasteiger partial charge in [-0.1, -0.05) is 11.9 Å². The minimum Gasteiger partial charge on any atom is -0.450 e. The second-order valence-corrected chi connectivity index (χ2v) is 23.4. The van der Waals surface area contributed by atoms with Crippen molar-refractivity contribution in [2.45, 2.75) is 80.9 Å². The van der Waals surface area contributed by atoms with Crippen molar-refractivity contribution >= 4 is 71.5 Å². The fraction of sp³-hybridized carbons (Fsp3) is 0.583. The number of carbonyl (C=O) groups is 1. The molecule has 5 aromatic rings. The van der Waals surface area contributed by atoms with Crippen molar-refractivity contribution in [3.8, 4) is 0 Å². The second kappa shape index (κ2) is 23.6. The van der Waals surface area contributed by atoms with Gasteiger partial charge in [0.2, 0.25) is 11.7 Å². The van der Waals surface area contributed by atoms with Crippen molar-refractivity contribution in [2.75, 3.05) is 51.5 Å². The first kappa shape index (κ1) is 59.8. The van der Waals surface area contributed by atoms with E-state index in [1.807, 2.05) is 4.98 Å². The fourth-order valence-electron chi connectivity index (χ4n) is 8.57. The molecule has 436 valence electrons. The van der Waals surface area contributed by atoms with Gasteiger partial charge >= 0.3 is 48.7 Å². The first-order valence-corrected chi connectivity index (χ1v) is 28.9. The smallest absolute Gasteiger partial charge is 0.450 e. The Bertz CT molecular complexity index is 3430. The van der Waals surface area contributed by atoms with E-state index in [9.17, 15) is 72.3 Å². The monoisotopic (exact) mass is 1210 g/mol. The third kappa shape index (κ3) is 13.4. The molecule has 3 fully saturated rings. The standard InChI is InChI=1S/C36H51N13O26P4/c1-4-7-66-36(56)39-8-15-16(70-31(22(15)51)49-14-46(2)21-29(49)44-34(38)45-30(21)54)9-68-77(59,60)74-79(63,64)75-78(61,62)69-11-18-25(26(65-3)33(72-18)48-13-42-20-27(37)40-12-41-28(20)48)73-76(57,58)67-10-17-23(52)24(53)32(71-17)47-6-5-19(50)43-35(47)55/h5-6,12-18,22-26,31-33,51-53H,4,7-11H2,1-3H3,(H10-,37,38,39,40,41,43,44,45,50,54,55,56,57,58,59,60,61,62,63,64)/p+1/t15-,16-,17-,18-,22-,23-,24-,25-,26-,31-,32-,33-/m1/s1. The number of methoxy groups -OCH3 is 1. The number of fused-ring (bicyclic) bond motifs is 2. The molecule has 39 nitrogen and oxygen atoms in total. The molecule has 3 aliphatic heterocycles. The number of ether oxygens (including phenoxy) is 5. The van der Waals surface area contributed by atoms with E-state index in [-0.39, 0.29) is 40.7 Å². The highest BCUT2D eigenvalue weighted by Crippen LogP contribution is 2.68. The number of nitrogens with zero attached hydrogens (tertiary/aromatic N) is 8. The number of nitrogens with one attached hydrogen (secondary N) is 3. The van der Waals surface area contributed by atoms with Crippen molar-refractivity contribution in [3.63, 3.8) is 0 Å². The number of carbonyl (C=O) groups excluding carboxylic acids is 1. The number of hydrogen-bond donors (Lipinski definition) is 12. The highest BCUT2D eigenvalue weighted by atomic mass is 31.3. The van der Waals surface area contributed by atoms with Gasteiger partial charge in [0.25, 0.3) is 17.1 Å². The van der Waals surface area contributed by atoms with Gasteiger partial charge in [0.1, 0.15) is 54.6 Å². The molecule has 8 rings (SSSR count). The molecule has 16 atom stereocenters. The van der Waals surface area contributed by atoms with Gasteiger partial charge in [-0.25, -0.2) is 47.4 Å². The minimum atomic E-state index is -6.25. The molecule has 8 heterocycles. The molecular formula is C36H52N13O26P4+. The molecule has 1 amide bonds. The Morgan fingerprint density at radius 2 is 1.48 bits per heavy atom. The number of nitrogens with two attached hydrogens (primary N) is 2. The van der Waals surface area contributed by atoms with Crippen LogP contribution in [-0.2, 0) is 75.7 Å². The molecule has 0 radical (unpaired) electrons. The Hall–Kier alpha value is -5.31. The zero-order chi connectivity index (χ0) is 57.5. The van der Waals surface area contributed by atoms with E-state index in [2.05, 4.69) is 38.9 Å². The van der Waals surface area contributed by atoms with Crippen LogP contribution in [0.5, 0.6) is 0 Å². The van der Waals surface area contributed by atoms with Crippen LogP contribution in [0.2, 0.25) is 0 Å². The number of rotatable bonds is 23. The van der Waals surface area contributed by atoms with Crippen LogP contribution in [0.15, 0.2) is 45.6 Å². The van der Waals surface area contributed by atoms with Gasteiger partial charge in [-0.3, -0.25) is 51.4 Å². The summed E-state index contributed by atoms with van der Waals surface area (Å²) in [5, 5.41) is 35.2. The lowest BCUT2D eigenvalue weighted by molar-refractivity contribution is -0.745. The van der Waals surface area contributed by atoms with Gasteiger partial charge < -0.3 is 75.4 Å². The summed E-state index contributed by atoms with van der Waals surface area (Å²) in [6.07, 6.45) is -14.4. The van der Waals surface area contributed by atoms with Crippen molar-refractivity contribution in [1.82, 2.24) is 48.9 Å². The number of imidazole rings is 2. The zero-order valence-corrected chi connectivity index (χ0v) is 44.5. The normalized spacial score (nSPS) is 29.3. The molecule has 3 saturated heterocycles. The zero-order valence-electron chi connectivity index (χ0n) is 41.0. The summed E-state index contributed by atoms with van der Waals surface area (Å²) >= 11 is 0.